The molecule has 5 rings (SSSR count). The second-order valence-corrected chi connectivity index (χ2v) is 10.7. The van der Waals surface area contributed by atoms with Crippen molar-refractivity contribution in [1.82, 2.24) is 0 Å². The summed E-state index contributed by atoms with van der Waals surface area (Å²) in [5, 5.41) is 3.82. The highest BCUT2D eigenvalue weighted by Crippen LogP contribution is 2.55. The normalized spacial score (nSPS) is 43.9. The molecule has 4 aliphatic carbocycles. The zero-order valence-electron chi connectivity index (χ0n) is 17.1. The number of hydrogen-bond acceptors (Lipinski definition) is 2. The first-order valence-corrected chi connectivity index (χ1v) is 11.8. The van der Waals surface area contributed by atoms with Crippen LogP contribution in [0.5, 0.6) is 0 Å². The summed E-state index contributed by atoms with van der Waals surface area (Å²) in [4.78, 5) is 0. The third kappa shape index (κ3) is 3.61. The number of hydrogen-bond donors (Lipinski definition) is 2. The number of nitrogens with one attached hydrogen (secondary N) is 1. The third-order valence-electron chi connectivity index (χ3n) is 8.69. The first-order valence-electron chi connectivity index (χ1n) is 11.8. The van der Waals surface area contributed by atoms with Gasteiger partial charge in [-0.1, -0.05) is 38.3 Å². The van der Waals surface area contributed by atoms with E-state index in [1.165, 1.54) is 44.9 Å². The standard InChI is InChI=1S/C25H38N2/c1-16-9-17-11-18(10-16)13-21(12-17)25-19-5-4-6-20(25)15-22(14-19)27-24-8-3-2-7-23(24)26/h2-3,7-8,16-22,25,27H,4-6,9-15,26H2,1H3/t16-,17-,18+,19-,20+,21+,22+,25+. The minimum atomic E-state index is 0.629. The fourth-order valence-electron chi connectivity index (χ4n) is 8.07. The van der Waals surface area contributed by atoms with Gasteiger partial charge in [0.25, 0.3) is 0 Å². The number of rotatable bonds is 3. The van der Waals surface area contributed by atoms with Gasteiger partial charge in [0.15, 0.2) is 0 Å². The molecule has 27 heavy (non-hydrogen) atoms. The Morgan fingerprint density at radius 3 is 2.15 bits per heavy atom. The van der Waals surface area contributed by atoms with Crippen molar-refractivity contribution < 1.29 is 0 Å². The Kier molecular flexibility index (Phi) is 4.86. The maximum Gasteiger partial charge on any atom is 0.0576 e. The molecule has 4 fully saturated rings. The van der Waals surface area contributed by atoms with Crippen molar-refractivity contribution in [3.8, 4) is 0 Å². The summed E-state index contributed by atoms with van der Waals surface area (Å²) in [7, 11) is 0. The van der Waals surface area contributed by atoms with E-state index in [0.29, 0.717) is 6.04 Å². The van der Waals surface area contributed by atoms with Crippen molar-refractivity contribution in [2.75, 3.05) is 11.1 Å². The van der Waals surface area contributed by atoms with Gasteiger partial charge in [-0.05, 0) is 98.5 Å². The molecule has 4 bridgehead atoms. The lowest BCUT2D eigenvalue weighted by Gasteiger charge is -2.53. The molecule has 8 atom stereocenters. The number of benzene rings is 1. The summed E-state index contributed by atoms with van der Waals surface area (Å²) in [6.07, 6.45) is 14.9. The summed E-state index contributed by atoms with van der Waals surface area (Å²) in [5.74, 6) is 7.09. The van der Waals surface area contributed by atoms with Gasteiger partial charge in [-0.25, -0.2) is 0 Å². The van der Waals surface area contributed by atoms with Crippen molar-refractivity contribution >= 4 is 11.4 Å². The van der Waals surface area contributed by atoms with Crippen LogP contribution in [0.4, 0.5) is 11.4 Å². The van der Waals surface area contributed by atoms with E-state index in [9.17, 15) is 0 Å². The van der Waals surface area contributed by atoms with E-state index in [2.05, 4.69) is 24.4 Å². The van der Waals surface area contributed by atoms with E-state index in [1.807, 2.05) is 12.1 Å². The molecule has 0 aromatic heterocycles. The van der Waals surface area contributed by atoms with Gasteiger partial charge in [0, 0.05) is 6.04 Å². The number of para-hydroxylation sites is 2. The molecule has 0 heterocycles. The first kappa shape index (κ1) is 17.9. The predicted molar refractivity (Wildman–Crippen MR) is 115 cm³/mol. The van der Waals surface area contributed by atoms with Crippen LogP contribution in [0.3, 0.4) is 0 Å². The Hall–Kier alpha value is -1.18. The predicted octanol–water partition coefficient (Wildman–Crippen LogP) is 6.34. The molecule has 2 nitrogen and oxygen atoms in total. The topological polar surface area (TPSA) is 38.0 Å². The summed E-state index contributed by atoms with van der Waals surface area (Å²) in [6, 6.07) is 8.95. The highest BCUT2D eigenvalue weighted by atomic mass is 14.9. The first-order chi connectivity index (χ1) is 13.2. The van der Waals surface area contributed by atoms with Crippen LogP contribution in [0.2, 0.25) is 0 Å². The van der Waals surface area contributed by atoms with Crippen molar-refractivity contribution in [3.05, 3.63) is 24.3 Å². The Morgan fingerprint density at radius 1 is 0.815 bits per heavy atom. The average Bonchev–Trinajstić information content (AvgIpc) is 2.62. The lowest BCUT2D eigenvalue weighted by Crippen LogP contribution is -2.46. The van der Waals surface area contributed by atoms with Crippen LogP contribution in [-0.4, -0.2) is 6.04 Å². The molecule has 1 aromatic carbocycles. The van der Waals surface area contributed by atoms with Gasteiger partial charge < -0.3 is 11.1 Å². The molecule has 0 spiro atoms. The molecular weight excluding hydrogens is 328 g/mol. The molecule has 0 unspecified atom stereocenters. The highest BCUT2D eigenvalue weighted by molar-refractivity contribution is 5.66. The van der Waals surface area contributed by atoms with Crippen LogP contribution in [0.15, 0.2) is 24.3 Å². The molecule has 0 amide bonds. The highest BCUT2D eigenvalue weighted by Gasteiger charge is 2.47. The van der Waals surface area contributed by atoms with Crippen LogP contribution in [0, 0.1) is 41.4 Å². The molecule has 0 radical (unpaired) electrons. The Balaban J connectivity index is 1.28. The second kappa shape index (κ2) is 7.33. The average molecular weight is 367 g/mol. The minimum absolute atomic E-state index is 0.629. The second-order valence-electron chi connectivity index (χ2n) is 10.7. The van der Waals surface area contributed by atoms with Crippen LogP contribution in [0.25, 0.3) is 0 Å². The van der Waals surface area contributed by atoms with Crippen molar-refractivity contribution in [3.63, 3.8) is 0 Å². The number of fused-ring (bicyclic) bond motifs is 4. The smallest absolute Gasteiger partial charge is 0.0576 e. The van der Waals surface area contributed by atoms with Gasteiger partial charge in [0.05, 0.1) is 11.4 Å². The lowest BCUT2D eigenvalue weighted by atomic mass is 9.53. The molecule has 0 aliphatic heterocycles. The monoisotopic (exact) mass is 366 g/mol. The fraction of sp³-hybridized carbons (Fsp3) is 0.760. The SMILES string of the molecule is C[C@@H]1C[C@@H]2C[C@H](C1)C[C@@H]([C@H]1[C@@H]3CCC[C@H]1C[C@@H](Nc1ccccc1N)C3)C2. The summed E-state index contributed by atoms with van der Waals surface area (Å²) in [5.41, 5.74) is 8.25. The quantitative estimate of drug-likeness (QED) is 0.613. The van der Waals surface area contributed by atoms with Gasteiger partial charge in [-0.3, -0.25) is 0 Å². The fourth-order valence-corrected chi connectivity index (χ4v) is 8.07. The van der Waals surface area contributed by atoms with Gasteiger partial charge in [-0.2, -0.15) is 0 Å². The minimum Gasteiger partial charge on any atom is -0.397 e. The van der Waals surface area contributed by atoms with Crippen molar-refractivity contribution in [2.45, 2.75) is 77.2 Å². The van der Waals surface area contributed by atoms with Gasteiger partial charge in [0.1, 0.15) is 0 Å². The maximum atomic E-state index is 6.20. The summed E-state index contributed by atoms with van der Waals surface area (Å²) in [6.45, 7) is 2.50. The van der Waals surface area contributed by atoms with E-state index in [4.69, 9.17) is 5.73 Å². The Labute approximate surface area is 165 Å². The zero-order chi connectivity index (χ0) is 18.4. The Bertz CT molecular complexity index is 623. The molecule has 4 aliphatic rings. The summed E-state index contributed by atoms with van der Waals surface area (Å²) < 4.78 is 0. The zero-order valence-corrected chi connectivity index (χ0v) is 17.1. The van der Waals surface area contributed by atoms with E-state index >= 15 is 0 Å². The van der Waals surface area contributed by atoms with Gasteiger partial charge in [0.2, 0.25) is 0 Å². The number of anilines is 2. The lowest BCUT2D eigenvalue weighted by molar-refractivity contribution is -0.0143. The number of nitrogens with two attached hydrogens (primary N) is 1. The van der Waals surface area contributed by atoms with Crippen LogP contribution >= 0.6 is 0 Å². The van der Waals surface area contributed by atoms with Crippen molar-refractivity contribution in [2.24, 2.45) is 41.4 Å². The largest absolute Gasteiger partial charge is 0.397 e. The molecule has 148 valence electrons. The molecular formula is C25H38N2. The molecule has 0 saturated heterocycles. The molecule has 4 saturated carbocycles. The maximum absolute atomic E-state index is 6.20. The van der Waals surface area contributed by atoms with E-state index in [1.54, 1.807) is 19.3 Å². The van der Waals surface area contributed by atoms with Crippen LogP contribution in [0.1, 0.15) is 71.1 Å². The van der Waals surface area contributed by atoms with Crippen molar-refractivity contribution in [1.29, 1.82) is 0 Å². The number of nitrogen functional groups attached to an aromatic ring is 1. The van der Waals surface area contributed by atoms with Gasteiger partial charge >= 0.3 is 0 Å². The third-order valence-corrected chi connectivity index (χ3v) is 8.69. The van der Waals surface area contributed by atoms with E-state index in [-0.39, 0.29) is 0 Å². The van der Waals surface area contributed by atoms with E-state index < -0.39 is 0 Å². The van der Waals surface area contributed by atoms with E-state index in [0.717, 1.165) is 52.8 Å². The Morgan fingerprint density at radius 2 is 1.48 bits per heavy atom. The summed E-state index contributed by atoms with van der Waals surface area (Å²) >= 11 is 0. The molecule has 2 heteroatoms. The van der Waals surface area contributed by atoms with Crippen LogP contribution < -0.4 is 11.1 Å². The van der Waals surface area contributed by atoms with Gasteiger partial charge in [-0.15, -0.1) is 0 Å². The molecule has 1 aromatic rings. The van der Waals surface area contributed by atoms with Crippen LogP contribution in [-0.2, 0) is 0 Å². The molecule has 3 N–H and O–H groups in total.